The Balaban J connectivity index is 2.20. The number of hydrogen-bond donors (Lipinski definition) is 3. The number of aromatic nitrogens is 2. The van der Waals surface area contributed by atoms with Crippen LogP contribution in [-0.2, 0) is 10.0 Å². The quantitative estimate of drug-likeness (QED) is 0.374. The third-order valence-corrected chi connectivity index (χ3v) is 4.92. The van der Waals surface area contributed by atoms with E-state index in [1.165, 1.54) is 15.7 Å². The molecule has 0 aromatic carbocycles. The fourth-order valence-corrected chi connectivity index (χ4v) is 3.87. The van der Waals surface area contributed by atoms with Gasteiger partial charge in [-0.2, -0.15) is 4.98 Å². The van der Waals surface area contributed by atoms with Crippen molar-refractivity contribution in [2.45, 2.75) is 11.4 Å². The maximum Gasteiger partial charge on any atom is 0.260 e. The molecule has 2 aromatic rings. The van der Waals surface area contributed by atoms with Gasteiger partial charge in [-0.25, -0.2) is 19.0 Å². The molecule has 8 nitrogen and oxygen atoms in total. The van der Waals surface area contributed by atoms with Gasteiger partial charge in [0.15, 0.2) is 10.8 Å². The minimum absolute atomic E-state index is 0.0427. The Hall–Kier alpha value is -1.20. The monoisotopic (exact) mass is 318 g/mol. The van der Waals surface area contributed by atoms with Crippen LogP contribution in [0.2, 0.25) is 0 Å². The number of imidazole rings is 1. The summed E-state index contributed by atoms with van der Waals surface area (Å²) in [7, 11) is 0.225. The topological polar surface area (TPSA) is 105 Å². The zero-order chi connectivity index (χ0) is 14.8. The van der Waals surface area contributed by atoms with E-state index in [1.54, 1.807) is 11.6 Å². The van der Waals surface area contributed by atoms with E-state index in [4.69, 9.17) is 5.84 Å². The van der Waals surface area contributed by atoms with E-state index in [2.05, 4.69) is 15.1 Å². The Kier molecular flexibility index (Phi) is 4.60. The molecule has 0 unspecified atom stereocenters. The van der Waals surface area contributed by atoms with Gasteiger partial charge in [-0.3, -0.25) is 4.40 Å². The first kappa shape index (κ1) is 15.2. The van der Waals surface area contributed by atoms with E-state index >= 15 is 0 Å². The van der Waals surface area contributed by atoms with Crippen LogP contribution in [0.25, 0.3) is 4.96 Å². The van der Waals surface area contributed by atoms with Crippen molar-refractivity contribution in [1.82, 2.24) is 19.0 Å². The molecule has 20 heavy (non-hydrogen) atoms. The summed E-state index contributed by atoms with van der Waals surface area (Å²) in [6, 6.07) is 0. The molecule has 0 fully saturated rings. The Bertz CT molecular complexity index is 675. The number of nitrogen functional groups attached to an aromatic ring is 1. The van der Waals surface area contributed by atoms with Crippen LogP contribution < -0.4 is 16.0 Å². The van der Waals surface area contributed by atoms with Crippen molar-refractivity contribution in [3.05, 3.63) is 11.6 Å². The molecule has 0 amide bonds. The number of fused-ring (bicyclic) bond motifs is 1. The van der Waals surface area contributed by atoms with E-state index in [-0.39, 0.29) is 10.8 Å². The van der Waals surface area contributed by atoms with Crippen LogP contribution in [-0.4, -0.2) is 49.9 Å². The highest BCUT2D eigenvalue weighted by Crippen LogP contribution is 2.24. The van der Waals surface area contributed by atoms with Gasteiger partial charge in [0, 0.05) is 18.1 Å². The summed E-state index contributed by atoms with van der Waals surface area (Å²) in [4.78, 5) is 6.70. The Labute approximate surface area is 121 Å². The third kappa shape index (κ3) is 3.10. The van der Waals surface area contributed by atoms with Crippen LogP contribution in [0.4, 0.5) is 5.82 Å². The zero-order valence-corrected chi connectivity index (χ0v) is 13.0. The van der Waals surface area contributed by atoms with Crippen molar-refractivity contribution in [1.29, 1.82) is 0 Å². The molecule has 10 heteroatoms. The summed E-state index contributed by atoms with van der Waals surface area (Å²) in [5.74, 6) is 5.49. The van der Waals surface area contributed by atoms with Crippen LogP contribution >= 0.6 is 11.3 Å². The standard InChI is InChI=1S/C10H18N6O2S2/c1-15(2)5-3-4-12-20(17,18)9-8(14-11)13-10-16(9)6-7-19-10/h6-7,12,14H,3-5,11H2,1-2H3. The predicted molar refractivity (Wildman–Crippen MR) is 79.2 cm³/mol. The first-order chi connectivity index (χ1) is 9.45. The fraction of sp³-hybridized carbons (Fsp3) is 0.500. The highest BCUT2D eigenvalue weighted by Gasteiger charge is 2.25. The summed E-state index contributed by atoms with van der Waals surface area (Å²) >= 11 is 1.34. The van der Waals surface area contributed by atoms with Crippen LogP contribution in [0.1, 0.15) is 6.42 Å². The molecule has 0 spiro atoms. The number of thiazole rings is 1. The van der Waals surface area contributed by atoms with Gasteiger partial charge in [0.25, 0.3) is 10.0 Å². The smallest absolute Gasteiger partial charge is 0.260 e. The second-order valence-corrected chi connectivity index (χ2v) is 7.08. The van der Waals surface area contributed by atoms with Crippen molar-refractivity contribution in [3.8, 4) is 0 Å². The van der Waals surface area contributed by atoms with Crippen LogP contribution in [0.5, 0.6) is 0 Å². The van der Waals surface area contributed by atoms with Gasteiger partial charge in [0.1, 0.15) is 0 Å². The third-order valence-electron chi connectivity index (χ3n) is 2.68. The first-order valence-electron chi connectivity index (χ1n) is 6.02. The number of anilines is 1. The number of nitrogens with two attached hydrogens (primary N) is 1. The molecular weight excluding hydrogens is 300 g/mol. The highest BCUT2D eigenvalue weighted by atomic mass is 32.2. The number of hydrazine groups is 1. The number of hydrogen-bond acceptors (Lipinski definition) is 7. The fourth-order valence-electron chi connectivity index (χ4n) is 1.79. The largest absolute Gasteiger partial charge is 0.309 e. The predicted octanol–water partition coefficient (Wildman–Crippen LogP) is -0.0886. The van der Waals surface area contributed by atoms with Gasteiger partial charge in [-0.05, 0) is 27.1 Å². The molecular formula is C10H18N6O2S2. The van der Waals surface area contributed by atoms with E-state index in [9.17, 15) is 8.42 Å². The number of nitrogens with one attached hydrogen (secondary N) is 2. The lowest BCUT2D eigenvalue weighted by atomic mass is 10.4. The second kappa shape index (κ2) is 6.06. The van der Waals surface area contributed by atoms with E-state index in [0.29, 0.717) is 11.5 Å². The van der Waals surface area contributed by atoms with Crippen molar-refractivity contribution < 1.29 is 8.42 Å². The Morgan fingerprint density at radius 2 is 2.25 bits per heavy atom. The molecule has 2 heterocycles. The van der Waals surface area contributed by atoms with Gasteiger partial charge in [-0.15, -0.1) is 11.3 Å². The average Bonchev–Trinajstić information content (AvgIpc) is 2.93. The summed E-state index contributed by atoms with van der Waals surface area (Å²) in [5.41, 5.74) is 2.33. The van der Waals surface area contributed by atoms with E-state index in [1.807, 2.05) is 19.0 Å². The maximum atomic E-state index is 12.4. The van der Waals surface area contributed by atoms with Crippen LogP contribution in [0, 0.1) is 0 Å². The zero-order valence-electron chi connectivity index (χ0n) is 11.3. The molecule has 0 aliphatic carbocycles. The number of sulfonamides is 1. The highest BCUT2D eigenvalue weighted by molar-refractivity contribution is 7.89. The molecule has 0 bridgehead atoms. The summed E-state index contributed by atoms with van der Waals surface area (Å²) in [6.07, 6.45) is 2.38. The van der Waals surface area contributed by atoms with Gasteiger partial charge in [0.05, 0.1) is 0 Å². The first-order valence-corrected chi connectivity index (χ1v) is 8.38. The molecule has 0 aliphatic heterocycles. The lowest BCUT2D eigenvalue weighted by Gasteiger charge is -2.10. The van der Waals surface area contributed by atoms with Crippen LogP contribution in [0.3, 0.4) is 0 Å². The summed E-state index contributed by atoms with van der Waals surface area (Å²) in [5, 5.41) is 1.81. The van der Waals surface area contributed by atoms with Crippen molar-refractivity contribution >= 4 is 32.1 Å². The normalized spacial score (nSPS) is 12.4. The molecule has 0 saturated carbocycles. The van der Waals surface area contributed by atoms with Crippen molar-refractivity contribution in [2.24, 2.45) is 5.84 Å². The molecule has 112 valence electrons. The van der Waals surface area contributed by atoms with Gasteiger partial charge < -0.3 is 10.3 Å². The SMILES string of the molecule is CN(C)CCCNS(=O)(=O)c1c(NN)nc2sccn12. The minimum atomic E-state index is -3.66. The molecule has 0 aliphatic rings. The molecule has 0 saturated heterocycles. The van der Waals surface area contributed by atoms with Crippen molar-refractivity contribution in [2.75, 3.05) is 32.6 Å². The second-order valence-electron chi connectivity index (χ2n) is 4.52. The van der Waals surface area contributed by atoms with E-state index in [0.717, 1.165) is 13.0 Å². The number of rotatable bonds is 7. The summed E-state index contributed by atoms with van der Waals surface area (Å²) in [6.45, 7) is 1.17. The lowest BCUT2D eigenvalue weighted by Crippen LogP contribution is -2.29. The van der Waals surface area contributed by atoms with E-state index < -0.39 is 10.0 Å². The van der Waals surface area contributed by atoms with Crippen molar-refractivity contribution in [3.63, 3.8) is 0 Å². The Morgan fingerprint density at radius 1 is 1.50 bits per heavy atom. The average molecular weight is 318 g/mol. The van der Waals surface area contributed by atoms with Gasteiger partial charge in [0.2, 0.25) is 5.03 Å². The lowest BCUT2D eigenvalue weighted by molar-refractivity contribution is 0.400. The maximum absolute atomic E-state index is 12.4. The number of nitrogens with zero attached hydrogens (tertiary/aromatic N) is 3. The van der Waals surface area contributed by atoms with Gasteiger partial charge in [-0.1, -0.05) is 0 Å². The van der Waals surface area contributed by atoms with Gasteiger partial charge >= 0.3 is 0 Å². The molecule has 2 aromatic heterocycles. The molecule has 0 radical (unpaired) electrons. The molecule has 2 rings (SSSR count). The summed E-state index contributed by atoms with van der Waals surface area (Å²) < 4.78 is 28.8. The Morgan fingerprint density at radius 3 is 2.90 bits per heavy atom. The molecule has 0 atom stereocenters. The minimum Gasteiger partial charge on any atom is -0.309 e. The molecule has 4 N–H and O–H groups in total. The van der Waals surface area contributed by atoms with Crippen LogP contribution in [0.15, 0.2) is 16.6 Å².